The number of nitrogens with one attached hydrogen (secondary N) is 2. The summed E-state index contributed by atoms with van der Waals surface area (Å²) >= 11 is 0. The van der Waals surface area contributed by atoms with E-state index in [9.17, 15) is 9.90 Å². The Morgan fingerprint density at radius 2 is 2.11 bits per heavy atom. The van der Waals surface area contributed by atoms with Crippen molar-refractivity contribution in [2.75, 3.05) is 19.7 Å². The number of hydrogen-bond donors (Lipinski definition) is 3. The van der Waals surface area contributed by atoms with Crippen LogP contribution in [0.25, 0.3) is 0 Å². The SMILES string of the molecule is C=C/C(=C\C=C(\O)CC)COC(=O)NCC/C(CC)=N/C1=C(C)CCCCN1. The second kappa shape index (κ2) is 13.6. The first-order valence-corrected chi connectivity index (χ1v) is 10.1. The van der Waals surface area contributed by atoms with Gasteiger partial charge in [-0.25, -0.2) is 9.79 Å². The molecule has 0 radical (unpaired) electrons. The van der Waals surface area contributed by atoms with E-state index in [0.29, 0.717) is 25.0 Å². The molecule has 1 rings (SSSR count). The molecule has 0 saturated heterocycles. The summed E-state index contributed by atoms with van der Waals surface area (Å²) in [4.78, 5) is 16.7. The van der Waals surface area contributed by atoms with Crippen LogP contribution in [-0.2, 0) is 4.74 Å². The molecule has 0 unspecified atom stereocenters. The molecule has 0 spiro atoms. The number of carbonyl (C=O) groups is 1. The predicted molar refractivity (Wildman–Crippen MR) is 116 cm³/mol. The molecular weight excluding hydrogens is 354 g/mol. The number of carbonyl (C=O) groups excluding carboxylic acids is 1. The number of hydrogen-bond acceptors (Lipinski definition) is 5. The number of allylic oxidation sites excluding steroid dienone is 4. The van der Waals surface area contributed by atoms with E-state index in [4.69, 9.17) is 9.73 Å². The van der Waals surface area contributed by atoms with Crippen molar-refractivity contribution in [3.05, 3.63) is 47.5 Å². The van der Waals surface area contributed by atoms with E-state index in [-0.39, 0.29) is 12.4 Å². The lowest BCUT2D eigenvalue weighted by atomic mass is 10.1. The van der Waals surface area contributed by atoms with Gasteiger partial charge in [-0.3, -0.25) is 0 Å². The van der Waals surface area contributed by atoms with Crippen LogP contribution >= 0.6 is 0 Å². The average Bonchev–Trinajstić information content (AvgIpc) is 2.91. The summed E-state index contributed by atoms with van der Waals surface area (Å²) in [6.45, 7) is 11.3. The molecule has 0 saturated carbocycles. The van der Waals surface area contributed by atoms with Crippen LogP contribution in [-0.4, -0.2) is 36.6 Å². The zero-order valence-corrected chi connectivity index (χ0v) is 17.5. The summed E-state index contributed by atoms with van der Waals surface area (Å²) in [6.07, 6.45) is 9.92. The van der Waals surface area contributed by atoms with Crippen LogP contribution < -0.4 is 10.6 Å². The smallest absolute Gasteiger partial charge is 0.407 e. The molecule has 0 atom stereocenters. The van der Waals surface area contributed by atoms with Crippen molar-refractivity contribution in [3.63, 3.8) is 0 Å². The van der Waals surface area contributed by atoms with Crippen LogP contribution in [0.4, 0.5) is 4.79 Å². The lowest BCUT2D eigenvalue weighted by Crippen LogP contribution is -2.27. The highest BCUT2D eigenvalue weighted by Crippen LogP contribution is 2.15. The molecule has 1 amide bonds. The third-order valence-electron chi connectivity index (χ3n) is 4.52. The minimum atomic E-state index is -0.477. The molecule has 0 aliphatic carbocycles. The summed E-state index contributed by atoms with van der Waals surface area (Å²) < 4.78 is 5.20. The normalized spacial score (nSPS) is 16.3. The van der Waals surface area contributed by atoms with E-state index in [1.54, 1.807) is 18.2 Å². The summed E-state index contributed by atoms with van der Waals surface area (Å²) in [5, 5.41) is 15.6. The van der Waals surface area contributed by atoms with E-state index in [1.165, 1.54) is 18.4 Å². The Morgan fingerprint density at radius 3 is 2.79 bits per heavy atom. The number of nitrogens with zero attached hydrogens (tertiary/aromatic N) is 1. The molecular formula is C22H35N3O3. The number of rotatable bonds is 10. The highest BCUT2D eigenvalue weighted by atomic mass is 16.5. The molecule has 6 nitrogen and oxygen atoms in total. The summed E-state index contributed by atoms with van der Waals surface area (Å²) in [5.74, 6) is 1.25. The van der Waals surface area contributed by atoms with Gasteiger partial charge in [0.2, 0.25) is 0 Å². The van der Waals surface area contributed by atoms with Gasteiger partial charge in [0.1, 0.15) is 12.4 Å². The van der Waals surface area contributed by atoms with E-state index < -0.39 is 6.09 Å². The standard InChI is InChI=1S/C22H35N3O3/c1-5-18(11-12-20(26)7-3)16-28-22(27)24-15-13-19(6-2)25-21-17(4)10-8-9-14-23-21/h5,11-12,23,26H,1,6-10,13-16H2,2-4H3,(H,24,27)/b18-11+,20-12+,25-19+. The molecule has 0 aromatic carbocycles. The zero-order chi connectivity index (χ0) is 20.8. The van der Waals surface area contributed by atoms with Crippen molar-refractivity contribution in [2.24, 2.45) is 4.99 Å². The van der Waals surface area contributed by atoms with Crippen molar-refractivity contribution >= 4 is 11.8 Å². The van der Waals surface area contributed by atoms with Crippen molar-refractivity contribution in [3.8, 4) is 0 Å². The van der Waals surface area contributed by atoms with Gasteiger partial charge in [0, 0.05) is 31.6 Å². The fourth-order valence-electron chi connectivity index (χ4n) is 2.60. The number of alkyl carbamates (subject to hydrolysis) is 1. The minimum Gasteiger partial charge on any atom is -0.512 e. The monoisotopic (exact) mass is 389 g/mol. The van der Waals surface area contributed by atoms with Crippen LogP contribution in [0.5, 0.6) is 0 Å². The van der Waals surface area contributed by atoms with Gasteiger partial charge in [0.15, 0.2) is 0 Å². The Morgan fingerprint density at radius 1 is 1.32 bits per heavy atom. The highest BCUT2D eigenvalue weighted by Gasteiger charge is 2.08. The fourth-order valence-corrected chi connectivity index (χ4v) is 2.60. The van der Waals surface area contributed by atoms with Gasteiger partial charge in [-0.1, -0.05) is 32.6 Å². The van der Waals surface area contributed by atoms with Crippen molar-refractivity contribution in [1.29, 1.82) is 0 Å². The molecule has 0 aromatic rings. The van der Waals surface area contributed by atoms with Crippen molar-refractivity contribution in [1.82, 2.24) is 10.6 Å². The number of aliphatic hydroxyl groups excluding tert-OH is 1. The summed E-state index contributed by atoms with van der Waals surface area (Å²) in [5.41, 5.74) is 3.06. The first-order chi connectivity index (χ1) is 13.5. The Labute approximate surface area is 169 Å². The number of aliphatic imine (C=N–C) groups is 1. The maximum atomic E-state index is 11.9. The van der Waals surface area contributed by atoms with Gasteiger partial charge in [-0.15, -0.1) is 0 Å². The summed E-state index contributed by atoms with van der Waals surface area (Å²) in [6, 6.07) is 0. The Kier molecular flexibility index (Phi) is 11.5. The average molecular weight is 390 g/mol. The quantitative estimate of drug-likeness (QED) is 0.281. The van der Waals surface area contributed by atoms with Crippen molar-refractivity contribution < 1.29 is 14.6 Å². The third kappa shape index (κ3) is 9.44. The number of aliphatic hydroxyl groups is 1. The third-order valence-corrected chi connectivity index (χ3v) is 4.52. The summed E-state index contributed by atoms with van der Waals surface area (Å²) in [7, 11) is 0. The van der Waals surface area contributed by atoms with Gasteiger partial charge in [0.25, 0.3) is 0 Å². The topological polar surface area (TPSA) is 83.0 Å². The molecule has 28 heavy (non-hydrogen) atoms. The second-order valence-electron chi connectivity index (χ2n) is 6.75. The highest BCUT2D eigenvalue weighted by molar-refractivity contribution is 5.85. The Balaban J connectivity index is 2.47. The van der Waals surface area contributed by atoms with Gasteiger partial charge >= 0.3 is 6.09 Å². The van der Waals surface area contributed by atoms with E-state index in [0.717, 1.165) is 30.9 Å². The predicted octanol–water partition coefficient (Wildman–Crippen LogP) is 4.92. The van der Waals surface area contributed by atoms with E-state index in [2.05, 4.69) is 31.1 Å². The zero-order valence-electron chi connectivity index (χ0n) is 17.5. The van der Waals surface area contributed by atoms with Gasteiger partial charge < -0.3 is 20.5 Å². The van der Waals surface area contributed by atoms with Crippen molar-refractivity contribution in [2.45, 2.75) is 59.3 Å². The Hall–Kier alpha value is -2.50. The molecule has 0 bridgehead atoms. The molecule has 0 fully saturated rings. The molecule has 0 aromatic heterocycles. The molecule has 156 valence electrons. The van der Waals surface area contributed by atoms with Crippen LogP contribution in [0, 0.1) is 0 Å². The second-order valence-corrected chi connectivity index (χ2v) is 6.75. The van der Waals surface area contributed by atoms with E-state index in [1.807, 2.05) is 6.92 Å². The lowest BCUT2D eigenvalue weighted by Gasteiger charge is -2.11. The minimum absolute atomic E-state index is 0.105. The Bertz CT molecular complexity index is 645. The van der Waals surface area contributed by atoms with Crippen LogP contribution in [0.1, 0.15) is 59.3 Å². The first kappa shape index (κ1) is 23.5. The lowest BCUT2D eigenvalue weighted by molar-refractivity contribution is 0.157. The van der Waals surface area contributed by atoms with Gasteiger partial charge in [-0.2, -0.15) is 0 Å². The molecule has 1 heterocycles. The van der Waals surface area contributed by atoms with Crippen LogP contribution in [0.15, 0.2) is 52.5 Å². The maximum absolute atomic E-state index is 11.9. The van der Waals surface area contributed by atoms with E-state index >= 15 is 0 Å². The van der Waals surface area contributed by atoms with Crippen LogP contribution in [0.3, 0.4) is 0 Å². The maximum Gasteiger partial charge on any atom is 0.407 e. The number of amides is 1. The van der Waals surface area contributed by atoms with Gasteiger partial charge in [-0.05, 0) is 49.8 Å². The van der Waals surface area contributed by atoms with Crippen LogP contribution in [0.2, 0.25) is 0 Å². The molecule has 1 aliphatic heterocycles. The molecule has 1 aliphatic rings. The largest absolute Gasteiger partial charge is 0.512 e. The molecule has 3 N–H and O–H groups in total. The first-order valence-electron chi connectivity index (χ1n) is 10.1. The number of ether oxygens (including phenoxy) is 1. The van der Waals surface area contributed by atoms with Gasteiger partial charge in [0.05, 0.1) is 5.76 Å². The fraction of sp³-hybridized carbons (Fsp3) is 0.545. The molecule has 6 heteroatoms.